The topological polar surface area (TPSA) is 41.1 Å². The Morgan fingerprint density at radius 1 is 1.06 bits per heavy atom. The van der Waals surface area contributed by atoms with Crippen molar-refractivity contribution in [2.75, 3.05) is 0 Å². The van der Waals surface area contributed by atoms with Gasteiger partial charge in [-0.25, -0.2) is 0 Å². The average Bonchev–Trinajstić information content (AvgIpc) is 2.11. The fourth-order valence-electron chi connectivity index (χ4n) is 1.65. The van der Waals surface area contributed by atoms with Crippen LogP contribution in [-0.2, 0) is 4.79 Å². The van der Waals surface area contributed by atoms with Gasteiger partial charge in [-0.3, -0.25) is 4.79 Å². The number of nitrogens with one attached hydrogen (secondary N) is 2. The Labute approximate surface area is 107 Å². The van der Waals surface area contributed by atoms with Crippen LogP contribution in [0.25, 0.3) is 0 Å². The molecule has 0 aromatic carbocycles. The summed E-state index contributed by atoms with van der Waals surface area (Å²) < 4.78 is 0. The molecule has 0 rings (SSSR count). The van der Waals surface area contributed by atoms with E-state index in [9.17, 15) is 4.79 Å². The van der Waals surface area contributed by atoms with Gasteiger partial charge in [0.25, 0.3) is 0 Å². The van der Waals surface area contributed by atoms with Crippen LogP contribution < -0.4 is 10.6 Å². The first-order chi connectivity index (χ1) is 7.61. The van der Waals surface area contributed by atoms with E-state index < -0.39 is 0 Å². The predicted octanol–water partition coefficient (Wildman–Crippen LogP) is 2.70. The largest absolute Gasteiger partial charge is 0.350 e. The van der Waals surface area contributed by atoms with Gasteiger partial charge in [0.15, 0.2) is 0 Å². The van der Waals surface area contributed by atoms with Gasteiger partial charge in [-0.1, -0.05) is 13.8 Å². The Bertz CT molecular complexity index is 231. The quantitative estimate of drug-likeness (QED) is 0.752. The third-order valence-corrected chi connectivity index (χ3v) is 2.60. The van der Waals surface area contributed by atoms with Crippen molar-refractivity contribution in [3.63, 3.8) is 0 Å². The molecule has 0 aliphatic heterocycles. The van der Waals surface area contributed by atoms with E-state index in [2.05, 4.69) is 31.4 Å². The Morgan fingerprint density at radius 3 is 2.00 bits per heavy atom. The molecule has 0 radical (unpaired) electrons. The minimum absolute atomic E-state index is 0.0777. The average molecular weight is 242 g/mol. The van der Waals surface area contributed by atoms with Gasteiger partial charge in [0.2, 0.25) is 5.91 Å². The zero-order valence-corrected chi connectivity index (χ0v) is 12.6. The lowest BCUT2D eigenvalue weighted by Crippen LogP contribution is -2.51. The van der Waals surface area contributed by atoms with Crippen LogP contribution in [0.3, 0.4) is 0 Å². The summed E-state index contributed by atoms with van der Waals surface area (Å²) >= 11 is 0. The zero-order chi connectivity index (χ0) is 13.6. The van der Waals surface area contributed by atoms with Crippen molar-refractivity contribution in [2.45, 2.75) is 78.9 Å². The van der Waals surface area contributed by atoms with Gasteiger partial charge in [0.1, 0.15) is 0 Å². The second-order valence-electron chi connectivity index (χ2n) is 6.50. The molecule has 1 amide bonds. The predicted molar refractivity (Wildman–Crippen MR) is 74.0 cm³/mol. The van der Waals surface area contributed by atoms with Gasteiger partial charge in [-0.15, -0.1) is 0 Å². The number of hydrogen-bond donors (Lipinski definition) is 2. The highest BCUT2D eigenvalue weighted by Crippen LogP contribution is 2.07. The summed E-state index contributed by atoms with van der Waals surface area (Å²) in [6.07, 6.45) is 2.31. The lowest BCUT2D eigenvalue weighted by atomic mass is 10.0. The number of carbonyl (C=O) groups is 1. The molecular weight excluding hydrogens is 212 g/mol. The second kappa shape index (κ2) is 7.00. The van der Waals surface area contributed by atoms with E-state index in [-0.39, 0.29) is 17.5 Å². The molecule has 2 N–H and O–H groups in total. The van der Waals surface area contributed by atoms with Crippen molar-refractivity contribution in [3.8, 4) is 0 Å². The van der Waals surface area contributed by atoms with Gasteiger partial charge < -0.3 is 10.6 Å². The Kier molecular flexibility index (Phi) is 6.76. The van der Waals surface area contributed by atoms with Crippen molar-refractivity contribution < 1.29 is 4.79 Å². The van der Waals surface area contributed by atoms with Gasteiger partial charge >= 0.3 is 0 Å². The summed E-state index contributed by atoms with van der Waals surface area (Å²) in [6.45, 7) is 14.5. The molecule has 0 heterocycles. The number of amides is 1. The Balaban J connectivity index is 3.99. The summed E-state index contributed by atoms with van der Waals surface area (Å²) in [5, 5.41) is 6.33. The first kappa shape index (κ1) is 16.4. The van der Waals surface area contributed by atoms with E-state index in [4.69, 9.17) is 0 Å². The second-order valence-corrected chi connectivity index (χ2v) is 6.50. The van der Waals surface area contributed by atoms with Crippen LogP contribution in [0.5, 0.6) is 0 Å². The third-order valence-electron chi connectivity index (χ3n) is 2.60. The molecule has 0 aliphatic carbocycles. The SMILES string of the molecule is CC(C)CCC(C)NC(C)C(=O)NC(C)(C)C. The number of rotatable bonds is 6. The standard InChI is InChI=1S/C14H30N2O/c1-10(2)8-9-11(3)15-12(4)13(17)16-14(5,6)7/h10-12,15H,8-9H2,1-7H3,(H,16,17). The van der Waals surface area contributed by atoms with Crippen LogP contribution in [0.1, 0.15) is 61.3 Å². The molecule has 0 aromatic heterocycles. The van der Waals surface area contributed by atoms with Crippen LogP contribution in [0.15, 0.2) is 0 Å². The monoisotopic (exact) mass is 242 g/mol. The van der Waals surface area contributed by atoms with E-state index in [1.807, 2.05) is 27.7 Å². The van der Waals surface area contributed by atoms with Crippen molar-refractivity contribution in [1.29, 1.82) is 0 Å². The molecule has 0 saturated carbocycles. The van der Waals surface area contributed by atoms with Gasteiger partial charge in [0, 0.05) is 11.6 Å². The van der Waals surface area contributed by atoms with Crippen LogP contribution >= 0.6 is 0 Å². The zero-order valence-electron chi connectivity index (χ0n) is 12.6. The minimum Gasteiger partial charge on any atom is -0.350 e. The van der Waals surface area contributed by atoms with E-state index in [0.717, 1.165) is 12.3 Å². The summed E-state index contributed by atoms with van der Waals surface area (Å²) in [5.41, 5.74) is -0.159. The molecule has 0 fully saturated rings. The lowest BCUT2D eigenvalue weighted by Gasteiger charge is -2.25. The minimum atomic E-state index is -0.159. The maximum atomic E-state index is 11.9. The molecule has 2 unspecified atom stereocenters. The van der Waals surface area contributed by atoms with E-state index in [1.165, 1.54) is 6.42 Å². The van der Waals surface area contributed by atoms with Gasteiger partial charge in [-0.05, 0) is 53.4 Å². The molecule has 102 valence electrons. The highest BCUT2D eigenvalue weighted by Gasteiger charge is 2.20. The first-order valence-electron chi connectivity index (χ1n) is 6.70. The molecule has 0 aliphatic rings. The fraction of sp³-hybridized carbons (Fsp3) is 0.929. The lowest BCUT2D eigenvalue weighted by molar-refractivity contribution is -0.124. The number of carbonyl (C=O) groups excluding carboxylic acids is 1. The van der Waals surface area contributed by atoms with E-state index in [0.29, 0.717) is 6.04 Å². The van der Waals surface area contributed by atoms with Gasteiger partial charge in [-0.2, -0.15) is 0 Å². The third kappa shape index (κ3) is 9.16. The van der Waals surface area contributed by atoms with Crippen molar-refractivity contribution in [1.82, 2.24) is 10.6 Å². The molecule has 3 heteroatoms. The molecule has 0 bridgehead atoms. The molecule has 2 atom stereocenters. The van der Waals surface area contributed by atoms with E-state index in [1.54, 1.807) is 0 Å². The van der Waals surface area contributed by atoms with Crippen LogP contribution in [-0.4, -0.2) is 23.5 Å². The van der Waals surface area contributed by atoms with Crippen molar-refractivity contribution >= 4 is 5.91 Å². The van der Waals surface area contributed by atoms with Crippen LogP contribution in [0.4, 0.5) is 0 Å². The molecule has 0 aromatic rings. The molecule has 17 heavy (non-hydrogen) atoms. The molecule has 3 nitrogen and oxygen atoms in total. The maximum absolute atomic E-state index is 11.9. The number of hydrogen-bond acceptors (Lipinski definition) is 2. The maximum Gasteiger partial charge on any atom is 0.237 e. The Hall–Kier alpha value is -0.570. The smallest absolute Gasteiger partial charge is 0.237 e. The van der Waals surface area contributed by atoms with Crippen LogP contribution in [0.2, 0.25) is 0 Å². The normalized spacial score (nSPS) is 15.8. The first-order valence-corrected chi connectivity index (χ1v) is 6.70. The van der Waals surface area contributed by atoms with Crippen molar-refractivity contribution in [3.05, 3.63) is 0 Å². The summed E-state index contributed by atoms with van der Waals surface area (Å²) in [6, 6.07) is 0.259. The summed E-state index contributed by atoms with van der Waals surface area (Å²) in [7, 11) is 0. The molecular formula is C14H30N2O. The van der Waals surface area contributed by atoms with Crippen LogP contribution in [0, 0.1) is 5.92 Å². The summed E-state index contributed by atoms with van der Waals surface area (Å²) in [4.78, 5) is 11.9. The Morgan fingerprint density at radius 2 is 1.59 bits per heavy atom. The fourth-order valence-corrected chi connectivity index (χ4v) is 1.65. The van der Waals surface area contributed by atoms with Gasteiger partial charge in [0.05, 0.1) is 6.04 Å². The highest BCUT2D eigenvalue weighted by atomic mass is 16.2. The van der Waals surface area contributed by atoms with E-state index >= 15 is 0 Å². The molecule has 0 spiro atoms. The highest BCUT2D eigenvalue weighted by molar-refractivity contribution is 5.81. The molecule has 0 saturated heterocycles. The van der Waals surface area contributed by atoms with Crippen molar-refractivity contribution in [2.24, 2.45) is 5.92 Å². The summed E-state index contributed by atoms with van der Waals surface area (Å²) in [5.74, 6) is 0.798.